The van der Waals surface area contributed by atoms with Crippen LogP contribution in [-0.4, -0.2) is 10.9 Å². The van der Waals surface area contributed by atoms with E-state index in [1.54, 1.807) is 30.3 Å². The van der Waals surface area contributed by atoms with Crippen LogP contribution in [0.5, 0.6) is 11.6 Å². The predicted octanol–water partition coefficient (Wildman–Crippen LogP) is 4.57. The predicted molar refractivity (Wildman–Crippen MR) is 89.8 cm³/mol. The van der Waals surface area contributed by atoms with Crippen LogP contribution in [0.1, 0.15) is 15.9 Å². The number of para-hydroxylation sites is 1. The topological polar surface area (TPSA) is 51.2 Å². The van der Waals surface area contributed by atoms with Crippen LogP contribution in [-0.2, 0) is 0 Å². The van der Waals surface area contributed by atoms with Crippen molar-refractivity contribution in [2.24, 2.45) is 0 Å². The molecule has 0 aliphatic rings. The zero-order valence-electron chi connectivity index (χ0n) is 13.0. The maximum absolute atomic E-state index is 13.5. The van der Waals surface area contributed by atoms with Crippen LogP contribution in [0, 0.1) is 12.7 Å². The molecule has 1 N–H and O–H groups in total. The van der Waals surface area contributed by atoms with Gasteiger partial charge in [-0.2, -0.15) is 0 Å². The van der Waals surface area contributed by atoms with Crippen molar-refractivity contribution in [2.75, 3.05) is 5.32 Å². The van der Waals surface area contributed by atoms with Gasteiger partial charge in [-0.1, -0.05) is 30.3 Å². The van der Waals surface area contributed by atoms with Crippen molar-refractivity contribution in [3.05, 3.63) is 83.8 Å². The Kier molecular flexibility index (Phi) is 4.52. The van der Waals surface area contributed by atoms with Crippen molar-refractivity contribution in [1.82, 2.24) is 4.98 Å². The SMILES string of the molecule is Cc1ccccc1C(=O)Nc1ccc(Oc2ccccc2F)nc1. The van der Waals surface area contributed by atoms with Crippen LogP contribution in [0.15, 0.2) is 66.9 Å². The zero-order chi connectivity index (χ0) is 16.9. The minimum Gasteiger partial charge on any atom is -0.436 e. The summed E-state index contributed by atoms with van der Waals surface area (Å²) >= 11 is 0. The average Bonchev–Trinajstić information content (AvgIpc) is 2.59. The average molecular weight is 322 g/mol. The van der Waals surface area contributed by atoms with Crippen molar-refractivity contribution < 1.29 is 13.9 Å². The zero-order valence-corrected chi connectivity index (χ0v) is 13.0. The van der Waals surface area contributed by atoms with Crippen LogP contribution in [0.4, 0.5) is 10.1 Å². The summed E-state index contributed by atoms with van der Waals surface area (Å²) in [6.07, 6.45) is 1.46. The first-order valence-corrected chi connectivity index (χ1v) is 7.39. The van der Waals surface area contributed by atoms with Crippen molar-refractivity contribution in [3.8, 4) is 11.6 Å². The van der Waals surface area contributed by atoms with Crippen molar-refractivity contribution in [3.63, 3.8) is 0 Å². The Balaban J connectivity index is 1.70. The molecule has 3 rings (SSSR count). The smallest absolute Gasteiger partial charge is 0.255 e. The molecule has 2 aromatic carbocycles. The number of pyridine rings is 1. The second kappa shape index (κ2) is 6.91. The van der Waals surface area contributed by atoms with Gasteiger partial charge in [-0.3, -0.25) is 4.79 Å². The van der Waals surface area contributed by atoms with Crippen LogP contribution in [0.3, 0.4) is 0 Å². The maximum Gasteiger partial charge on any atom is 0.255 e. The van der Waals surface area contributed by atoms with E-state index in [-0.39, 0.29) is 17.5 Å². The number of halogens is 1. The highest BCUT2D eigenvalue weighted by molar-refractivity contribution is 6.05. The number of anilines is 1. The minimum atomic E-state index is -0.462. The summed E-state index contributed by atoms with van der Waals surface area (Å²) in [6, 6.07) is 16.6. The second-order valence-electron chi connectivity index (χ2n) is 5.19. The van der Waals surface area contributed by atoms with E-state index in [1.807, 2.05) is 25.1 Å². The lowest BCUT2D eigenvalue weighted by Gasteiger charge is -2.09. The molecule has 0 unspecified atom stereocenters. The molecule has 1 heterocycles. The highest BCUT2D eigenvalue weighted by atomic mass is 19.1. The van der Waals surface area contributed by atoms with Crippen LogP contribution < -0.4 is 10.1 Å². The van der Waals surface area contributed by atoms with Crippen LogP contribution in [0.2, 0.25) is 0 Å². The summed E-state index contributed by atoms with van der Waals surface area (Å²) in [5, 5.41) is 2.77. The first kappa shape index (κ1) is 15.7. The van der Waals surface area contributed by atoms with Gasteiger partial charge < -0.3 is 10.1 Å². The third-order valence-corrected chi connectivity index (χ3v) is 3.44. The first-order chi connectivity index (χ1) is 11.6. The Morgan fingerprint density at radius 2 is 1.79 bits per heavy atom. The number of aromatic nitrogens is 1. The molecular weight excluding hydrogens is 307 g/mol. The number of benzene rings is 2. The highest BCUT2D eigenvalue weighted by Crippen LogP contribution is 2.23. The molecule has 0 radical (unpaired) electrons. The number of rotatable bonds is 4. The van der Waals surface area contributed by atoms with Gasteiger partial charge in [-0.25, -0.2) is 9.37 Å². The van der Waals surface area contributed by atoms with Gasteiger partial charge in [-0.15, -0.1) is 0 Å². The number of ether oxygens (including phenoxy) is 1. The van der Waals surface area contributed by atoms with E-state index in [1.165, 1.54) is 18.3 Å². The molecule has 0 aliphatic heterocycles. The van der Waals surface area contributed by atoms with Crippen molar-refractivity contribution >= 4 is 11.6 Å². The van der Waals surface area contributed by atoms with Gasteiger partial charge in [0.2, 0.25) is 5.88 Å². The van der Waals surface area contributed by atoms with Crippen molar-refractivity contribution in [2.45, 2.75) is 6.92 Å². The molecule has 5 heteroatoms. The third-order valence-electron chi connectivity index (χ3n) is 3.44. The van der Waals surface area contributed by atoms with Crippen LogP contribution in [0.25, 0.3) is 0 Å². The molecular formula is C19H15FN2O2. The Hall–Kier alpha value is -3.21. The standard InChI is InChI=1S/C19H15FN2O2/c1-13-6-2-3-7-15(13)19(23)22-14-10-11-18(21-12-14)24-17-9-5-4-8-16(17)20/h2-12H,1H3,(H,22,23). The number of nitrogens with zero attached hydrogens (tertiary/aromatic N) is 1. The molecule has 1 aromatic heterocycles. The summed E-state index contributed by atoms with van der Waals surface area (Å²) < 4.78 is 18.9. The minimum absolute atomic E-state index is 0.0988. The molecule has 0 fully saturated rings. The third kappa shape index (κ3) is 3.57. The number of amides is 1. The van der Waals surface area contributed by atoms with Gasteiger partial charge in [0, 0.05) is 11.6 Å². The van der Waals surface area contributed by atoms with Gasteiger partial charge in [0.1, 0.15) is 0 Å². The Morgan fingerprint density at radius 1 is 1.04 bits per heavy atom. The summed E-state index contributed by atoms with van der Waals surface area (Å²) in [4.78, 5) is 16.3. The summed E-state index contributed by atoms with van der Waals surface area (Å²) in [6.45, 7) is 1.87. The number of carbonyl (C=O) groups is 1. The van der Waals surface area contributed by atoms with Gasteiger partial charge in [0.25, 0.3) is 5.91 Å². The number of nitrogens with one attached hydrogen (secondary N) is 1. The molecule has 1 amide bonds. The molecule has 0 bridgehead atoms. The molecule has 4 nitrogen and oxygen atoms in total. The highest BCUT2D eigenvalue weighted by Gasteiger charge is 2.09. The molecule has 0 atom stereocenters. The maximum atomic E-state index is 13.5. The number of aryl methyl sites for hydroxylation is 1. The lowest BCUT2D eigenvalue weighted by Crippen LogP contribution is -2.13. The van der Waals surface area contributed by atoms with Gasteiger partial charge in [0.15, 0.2) is 11.6 Å². The lowest BCUT2D eigenvalue weighted by molar-refractivity contribution is 0.102. The Bertz CT molecular complexity index is 863. The second-order valence-corrected chi connectivity index (χ2v) is 5.19. The van der Waals surface area contributed by atoms with Crippen molar-refractivity contribution in [1.29, 1.82) is 0 Å². The van der Waals surface area contributed by atoms with E-state index < -0.39 is 5.82 Å². The molecule has 3 aromatic rings. The fraction of sp³-hybridized carbons (Fsp3) is 0.0526. The van der Waals surface area contributed by atoms with E-state index in [0.717, 1.165) is 5.56 Å². The summed E-state index contributed by atoms with van der Waals surface area (Å²) in [5.41, 5.74) is 2.02. The molecule has 0 aliphatic carbocycles. The van der Waals surface area contributed by atoms with Gasteiger partial charge in [0.05, 0.1) is 11.9 Å². The monoisotopic (exact) mass is 322 g/mol. The molecule has 0 spiro atoms. The van der Waals surface area contributed by atoms with E-state index >= 15 is 0 Å². The number of hydrogen-bond acceptors (Lipinski definition) is 3. The van der Waals surface area contributed by atoms with Crippen LogP contribution >= 0.6 is 0 Å². The Labute approximate surface area is 138 Å². The normalized spacial score (nSPS) is 10.2. The fourth-order valence-corrected chi connectivity index (χ4v) is 2.18. The van der Waals surface area contributed by atoms with Gasteiger partial charge in [-0.05, 0) is 36.8 Å². The largest absolute Gasteiger partial charge is 0.436 e. The fourth-order valence-electron chi connectivity index (χ4n) is 2.18. The van der Waals surface area contributed by atoms with E-state index in [2.05, 4.69) is 10.3 Å². The van der Waals surface area contributed by atoms with Gasteiger partial charge >= 0.3 is 0 Å². The molecule has 24 heavy (non-hydrogen) atoms. The Morgan fingerprint density at radius 3 is 2.50 bits per heavy atom. The quantitative estimate of drug-likeness (QED) is 0.765. The van der Waals surface area contributed by atoms with E-state index in [9.17, 15) is 9.18 Å². The number of carbonyl (C=O) groups excluding carboxylic acids is 1. The number of hydrogen-bond donors (Lipinski definition) is 1. The molecule has 0 saturated carbocycles. The molecule has 120 valence electrons. The molecule has 0 saturated heterocycles. The van der Waals surface area contributed by atoms with E-state index in [0.29, 0.717) is 11.3 Å². The lowest BCUT2D eigenvalue weighted by atomic mass is 10.1. The summed E-state index contributed by atoms with van der Waals surface area (Å²) in [7, 11) is 0. The first-order valence-electron chi connectivity index (χ1n) is 7.39. The van der Waals surface area contributed by atoms with E-state index in [4.69, 9.17) is 4.74 Å². The summed E-state index contributed by atoms with van der Waals surface area (Å²) in [5.74, 6) is -0.329.